The molecule has 1 amide bonds. The van der Waals surface area contributed by atoms with Crippen LogP contribution in [0.4, 0.5) is 9.18 Å². The minimum atomic E-state index is -3.15. The summed E-state index contributed by atoms with van der Waals surface area (Å²) >= 11 is 0. The second kappa shape index (κ2) is 18.0. The van der Waals surface area contributed by atoms with Gasteiger partial charge in [-0.3, -0.25) is 9.78 Å². The number of para-hydroxylation sites is 1. The summed E-state index contributed by atoms with van der Waals surface area (Å²) in [5.74, 6) is 1.06. The van der Waals surface area contributed by atoms with E-state index in [2.05, 4.69) is 27.3 Å². The number of benzene rings is 1. The van der Waals surface area contributed by atoms with Gasteiger partial charge in [-0.1, -0.05) is 62.9 Å². The van der Waals surface area contributed by atoms with Crippen LogP contribution < -0.4 is 5.32 Å². The number of alkyl halides is 1. The Morgan fingerprint density at radius 1 is 1.10 bits per heavy atom. The summed E-state index contributed by atoms with van der Waals surface area (Å²) in [5, 5.41) is 19.8. The van der Waals surface area contributed by atoms with Crippen LogP contribution in [0.25, 0.3) is 10.9 Å². The van der Waals surface area contributed by atoms with Gasteiger partial charge in [-0.25, -0.2) is 14.0 Å². The highest BCUT2D eigenvalue weighted by atomic mass is 19.1. The van der Waals surface area contributed by atoms with Crippen LogP contribution in [0, 0.1) is 29.6 Å². The number of amides is 1. The summed E-state index contributed by atoms with van der Waals surface area (Å²) in [4.78, 5) is 52.9. The molecule has 2 unspecified atom stereocenters. The number of esters is 1. The number of ether oxygens (including phenoxy) is 5. The molecule has 3 aliphatic rings. The molecule has 3 fully saturated rings. The summed E-state index contributed by atoms with van der Waals surface area (Å²) in [5.41, 5.74) is -4.02. The number of hydrogen-bond acceptors (Lipinski definition) is 13. The number of hydrogen-bond donors (Lipinski definition) is 2. The molecule has 0 spiro atoms. The number of rotatable bonds is 7. The standard InChI is InChI=1S/C43H59FN4O10/c1-12-33-43(8)36(46-40(52)58-43)26(4)34(47-53-11)27(5)41(6,54-19-15-16-28-21-29-17-13-14-18-30(29)45-23-28)22-32(25(3)37(50)42(7,44)39(51)57-33)56-38-35(49)31(48(9)10)20-24(2)55-38/h13-14,17-18,21,23-27,31-33,35-36,38,49H,12,19-20,22H2,1-11H3,(H,46,52)/b47-34-/t24-,25-,26-,27+,31+,32+,33+,35-,36?,38?,41-,42+,43-/m1/s1. The van der Waals surface area contributed by atoms with E-state index in [1.807, 2.05) is 70.1 Å². The quantitative estimate of drug-likeness (QED) is 0.167. The third-order valence-corrected chi connectivity index (χ3v) is 12.3. The van der Waals surface area contributed by atoms with Crippen molar-refractivity contribution in [3.8, 4) is 11.8 Å². The van der Waals surface area contributed by atoms with E-state index in [1.165, 1.54) is 14.0 Å². The number of halogens is 1. The highest BCUT2D eigenvalue weighted by Gasteiger charge is 2.59. The summed E-state index contributed by atoms with van der Waals surface area (Å²) < 4.78 is 47.8. The Hall–Kier alpha value is -4.20. The lowest BCUT2D eigenvalue weighted by Gasteiger charge is -2.46. The first kappa shape index (κ1) is 44.9. The van der Waals surface area contributed by atoms with Crippen molar-refractivity contribution in [1.82, 2.24) is 15.2 Å². The molecule has 15 heteroatoms. The van der Waals surface area contributed by atoms with Crippen LogP contribution >= 0.6 is 0 Å². The molecule has 3 aliphatic heterocycles. The lowest BCUT2D eigenvalue weighted by Crippen LogP contribution is -2.60. The predicted molar refractivity (Wildman–Crippen MR) is 213 cm³/mol. The lowest BCUT2D eigenvalue weighted by molar-refractivity contribution is -0.277. The van der Waals surface area contributed by atoms with E-state index in [4.69, 9.17) is 28.5 Å². The van der Waals surface area contributed by atoms with Crippen LogP contribution in [0.5, 0.6) is 0 Å². The molecule has 14 nitrogen and oxygen atoms in total. The highest BCUT2D eigenvalue weighted by Crippen LogP contribution is 2.41. The van der Waals surface area contributed by atoms with E-state index in [9.17, 15) is 19.5 Å². The summed E-state index contributed by atoms with van der Waals surface area (Å²) in [6, 6.07) is 8.41. The van der Waals surface area contributed by atoms with Crippen molar-refractivity contribution in [2.24, 2.45) is 22.9 Å². The molecule has 2 aromatic rings. The molecule has 58 heavy (non-hydrogen) atoms. The van der Waals surface area contributed by atoms with Crippen molar-refractivity contribution in [2.75, 3.05) is 27.8 Å². The number of pyridine rings is 1. The van der Waals surface area contributed by atoms with Gasteiger partial charge in [0.05, 0.1) is 35.1 Å². The van der Waals surface area contributed by atoms with Gasteiger partial charge in [-0.15, -0.1) is 0 Å². The van der Waals surface area contributed by atoms with Crippen molar-refractivity contribution < 1.29 is 52.4 Å². The van der Waals surface area contributed by atoms with Crippen LogP contribution in [0.2, 0.25) is 0 Å². The summed E-state index contributed by atoms with van der Waals surface area (Å²) in [6.45, 7) is 12.9. The molecule has 1 aromatic carbocycles. The topological polar surface area (TPSA) is 167 Å². The molecule has 0 saturated carbocycles. The highest BCUT2D eigenvalue weighted by molar-refractivity contribution is 6.07. The van der Waals surface area contributed by atoms with E-state index in [0.717, 1.165) is 17.8 Å². The summed E-state index contributed by atoms with van der Waals surface area (Å²) in [7, 11) is 5.07. The number of carbonyl (C=O) groups excluding carboxylic acids is 3. The molecule has 4 heterocycles. The minimum Gasteiger partial charge on any atom is -0.455 e. The van der Waals surface area contributed by atoms with Gasteiger partial charge in [0.15, 0.2) is 17.7 Å². The van der Waals surface area contributed by atoms with Crippen LogP contribution in [-0.2, 0) is 38.1 Å². The fourth-order valence-electron chi connectivity index (χ4n) is 8.55. The van der Waals surface area contributed by atoms with Crippen LogP contribution in [0.15, 0.2) is 41.7 Å². The number of carbonyl (C=O) groups is 3. The first-order chi connectivity index (χ1) is 27.3. The molecule has 1 aromatic heterocycles. The van der Waals surface area contributed by atoms with Gasteiger partial charge in [-0.2, -0.15) is 0 Å². The first-order valence-electron chi connectivity index (χ1n) is 19.9. The Morgan fingerprint density at radius 2 is 1.81 bits per heavy atom. The van der Waals surface area contributed by atoms with Gasteiger partial charge in [0, 0.05) is 47.4 Å². The monoisotopic (exact) mass is 810 g/mol. The maximum atomic E-state index is 16.8. The number of cyclic esters (lactones) is 1. The number of nitrogens with zero attached hydrogens (tertiary/aromatic N) is 3. The molecule has 0 aliphatic carbocycles. The van der Waals surface area contributed by atoms with Gasteiger partial charge >= 0.3 is 12.1 Å². The largest absolute Gasteiger partial charge is 0.455 e. The van der Waals surface area contributed by atoms with Crippen molar-refractivity contribution in [3.63, 3.8) is 0 Å². The zero-order valence-corrected chi connectivity index (χ0v) is 35.4. The number of aliphatic hydroxyl groups excluding tert-OH is 1. The van der Waals surface area contributed by atoms with Crippen molar-refractivity contribution >= 4 is 34.5 Å². The molecule has 0 bridgehead atoms. The number of Topliss-reactive ketones (excluding diaryl/α,β-unsaturated/α-hetero) is 1. The SMILES string of the molecule is CC[C@@H]1OC(=O)[C@@](C)(F)C(=O)[C@H](C)[C@@H](OC2O[C@H](C)C[C@H](N(C)C)[C@H]2O)C[C@@](C)(OCC#Cc2cnc3ccccc3c2)[C@@H](C)/C(=N\OC)[C@@H](C)C2NC(=O)O[C@@]21C. The van der Waals surface area contributed by atoms with E-state index in [-0.39, 0.29) is 31.6 Å². The number of alkyl carbamates (subject to hydrolysis) is 1. The number of fused-ring (bicyclic) bond motifs is 2. The molecule has 2 N–H and O–H groups in total. The third-order valence-electron chi connectivity index (χ3n) is 12.3. The Bertz CT molecular complexity index is 1920. The maximum absolute atomic E-state index is 16.8. The van der Waals surface area contributed by atoms with Crippen molar-refractivity contribution in [2.45, 2.75) is 134 Å². The average molecular weight is 811 g/mol. The van der Waals surface area contributed by atoms with Gasteiger partial charge in [0.2, 0.25) is 0 Å². The number of oxime groups is 1. The molecule has 318 valence electrons. The molecule has 3 saturated heterocycles. The number of ketones is 1. The predicted octanol–water partition coefficient (Wildman–Crippen LogP) is 4.97. The van der Waals surface area contributed by atoms with E-state index in [0.29, 0.717) is 17.7 Å². The maximum Gasteiger partial charge on any atom is 0.408 e. The van der Waals surface area contributed by atoms with Crippen LogP contribution in [-0.4, -0.2) is 126 Å². The Labute approximate surface area is 340 Å². The van der Waals surface area contributed by atoms with E-state index >= 15 is 4.39 Å². The smallest absolute Gasteiger partial charge is 0.408 e. The van der Waals surface area contributed by atoms with E-state index in [1.54, 1.807) is 27.0 Å². The molecular weight excluding hydrogens is 751 g/mol. The molecule has 13 atom stereocenters. The van der Waals surface area contributed by atoms with Gasteiger partial charge in [-0.05, 0) is 66.8 Å². The fourth-order valence-corrected chi connectivity index (χ4v) is 8.55. The Kier molecular flexibility index (Phi) is 13.9. The summed E-state index contributed by atoms with van der Waals surface area (Å²) in [6.07, 6.45) is -3.63. The number of likely N-dealkylation sites (N-methyl/N-ethyl adjacent to an activating group) is 1. The van der Waals surface area contributed by atoms with E-state index < -0.39 is 83.1 Å². The number of aromatic nitrogens is 1. The molecule has 0 radical (unpaired) electrons. The Balaban J connectivity index is 1.63. The second-order valence-electron chi connectivity index (χ2n) is 16.6. The zero-order valence-electron chi connectivity index (χ0n) is 35.4. The van der Waals surface area contributed by atoms with Crippen LogP contribution in [0.3, 0.4) is 0 Å². The molecular formula is C43H59FN4O10. The zero-order chi connectivity index (χ0) is 42.7. The number of nitrogens with one attached hydrogen (secondary N) is 1. The fraction of sp³-hybridized carbons (Fsp3) is 0.651. The van der Waals surface area contributed by atoms with Crippen LogP contribution in [0.1, 0.15) is 80.2 Å². The van der Waals surface area contributed by atoms with Gasteiger partial charge in [0.1, 0.15) is 25.9 Å². The molecule has 5 rings (SSSR count). The van der Waals surface area contributed by atoms with Crippen molar-refractivity contribution in [1.29, 1.82) is 0 Å². The van der Waals surface area contributed by atoms with Crippen molar-refractivity contribution in [3.05, 3.63) is 42.1 Å². The Morgan fingerprint density at radius 3 is 2.48 bits per heavy atom. The number of aliphatic hydroxyl groups is 1. The second-order valence-corrected chi connectivity index (χ2v) is 16.6. The first-order valence-corrected chi connectivity index (χ1v) is 19.9. The normalized spacial score (nSPS) is 38.2. The van der Waals surface area contributed by atoms with Gasteiger partial charge < -0.3 is 43.8 Å². The van der Waals surface area contributed by atoms with Gasteiger partial charge in [0.25, 0.3) is 5.67 Å². The lowest BCUT2D eigenvalue weighted by atomic mass is 9.71. The minimum absolute atomic E-state index is 0.100. The third kappa shape index (κ3) is 9.16. The average Bonchev–Trinajstić information content (AvgIpc) is 3.50.